The van der Waals surface area contributed by atoms with E-state index < -0.39 is 0 Å². The average molecular weight is 361 g/mol. The van der Waals surface area contributed by atoms with Gasteiger partial charge < -0.3 is 0 Å². The van der Waals surface area contributed by atoms with Crippen LogP contribution < -0.4 is 0 Å². The van der Waals surface area contributed by atoms with E-state index in [9.17, 15) is 0 Å². The molecule has 0 unspecified atom stereocenters. The smallest absolute Gasteiger partial charge is 0.128 e. The van der Waals surface area contributed by atoms with E-state index in [0.29, 0.717) is 0 Å². The highest BCUT2D eigenvalue weighted by Crippen LogP contribution is 2.28. The van der Waals surface area contributed by atoms with Crippen molar-refractivity contribution in [1.29, 1.82) is 0 Å². The largest absolute Gasteiger partial charge is 0.243 e. The van der Waals surface area contributed by atoms with Crippen LogP contribution in [0.1, 0.15) is 32.6 Å². The van der Waals surface area contributed by atoms with Crippen molar-refractivity contribution in [1.82, 2.24) is 15.0 Å². The van der Waals surface area contributed by atoms with Crippen LogP contribution in [0.2, 0.25) is 0 Å². The van der Waals surface area contributed by atoms with Gasteiger partial charge in [-0.05, 0) is 50.4 Å². The summed E-state index contributed by atoms with van der Waals surface area (Å²) in [6, 6.07) is 4.01. The lowest BCUT2D eigenvalue weighted by molar-refractivity contribution is 0.539. The molecule has 92 valence electrons. The number of unbranched alkanes of at least 4 members (excludes halogenated alkanes) is 3. The molecule has 0 atom stereocenters. The quantitative estimate of drug-likeness (QED) is 0.733. The summed E-state index contributed by atoms with van der Waals surface area (Å²) >= 11 is 7.06. The van der Waals surface area contributed by atoms with E-state index >= 15 is 0 Å². The Labute approximate surface area is 118 Å². The van der Waals surface area contributed by atoms with Crippen LogP contribution in [0.4, 0.5) is 0 Å². The van der Waals surface area contributed by atoms with Crippen molar-refractivity contribution in [2.24, 2.45) is 0 Å². The van der Waals surface area contributed by atoms with Gasteiger partial charge in [-0.1, -0.05) is 31.4 Å². The first kappa shape index (κ1) is 13.0. The molecular weight excluding hydrogens is 346 g/mol. The normalized spacial score (nSPS) is 11.2. The van der Waals surface area contributed by atoms with Gasteiger partial charge in [-0.25, -0.2) is 4.68 Å². The van der Waals surface area contributed by atoms with E-state index in [1.54, 1.807) is 0 Å². The van der Waals surface area contributed by atoms with Gasteiger partial charge in [-0.3, -0.25) is 0 Å². The molecule has 0 saturated carbocycles. The van der Waals surface area contributed by atoms with Crippen molar-refractivity contribution >= 4 is 42.9 Å². The van der Waals surface area contributed by atoms with Crippen LogP contribution in [-0.4, -0.2) is 15.0 Å². The molecule has 0 bridgehead atoms. The Balaban J connectivity index is 2.20. The lowest BCUT2D eigenvalue weighted by Gasteiger charge is -2.03. The lowest BCUT2D eigenvalue weighted by atomic mass is 10.2. The number of halogens is 2. The highest BCUT2D eigenvalue weighted by atomic mass is 79.9. The average Bonchev–Trinajstić information content (AvgIpc) is 2.75. The zero-order valence-electron chi connectivity index (χ0n) is 9.79. The summed E-state index contributed by atoms with van der Waals surface area (Å²) in [5.74, 6) is 0. The SMILES string of the molecule is CCCCCCn1nnc2c(Br)ccc(Br)c21. The van der Waals surface area contributed by atoms with Gasteiger partial charge in [0, 0.05) is 15.5 Å². The van der Waals surface area contributed by atoms with Gasteiger partial charge >= 0.3 is 0 Å². The summed E-state index contributed by atoms with van der Waals surface area (Å²) in [5, 5.41) is 8.44. The Bertz CT molecular complexity index is 508. The van der Waals surface area contributed by atoms with Crippen LogP contribution in [0, 0.1) is 0 Å². The molecule has 2 aromatic rings. The number of hydrogen-bond acceptors (Lipinski definition) is 2. The number of nitrogens with zero attached hydrogens (tertiary/aromatic N) is 3. The third kappa shape index (κ3) is 2.88. The Kier molecular flexibility index (Phi) is 4.56. The second-order valence-corrected chi connectivity index (χ2v) is 5.81. The fraction of sp³-hybridized carbons (Fsp3) is 0.500. The van der Waals surface area contributed by atoms with E-state index in [1.807, 2.05) is 16.8 Å². The molecule has 0 aliphatic heterocycles. The van der Waals surface area contributed by atoms with Gasteiger partial charge in [0.1, 0.15) is 11.0 Å². The predicted octanol–water partition coefficient (Wildman–Crippen LogP) is 4.54. The van der Waals surface area contributed by atoms with E-state index in [-0.39, 0.29) is 0 Å². The molecule has 1 aromatic heterocycles. The molecule has 17 heavy (non-hydrogen) atoms. The third-order valence-corrected chi connectivity index (χ3v) is 4.07. The highest BCUT2D eigenvalue weighted by Gasteiger charge is 2.10. The lowest BCUT2D eigenvalue weighted by Crippen LogP contribution is -2.00. The number of aromatic nitrogens is 3. The second-order valence-electron chi connectivity index (χ2n) is 4.10. The molecule has 0 aliphatic rings. The number of benzene rings is 1. The minimum atomic E-state index is 0.926. The van der Waals surface area contributed by atoms with Crippen LogP contribution >= 0.6 is 31.9 Å². The van der Waals surface area contributed by atoms with Gasteiger partial charge in [0.15, 0.2) is 0 Å². The van der Waals surface area contributed by atoms with Crippen LogP contribution in [0.15, 0.2) is 21.1 Å². The summed E-state index contributed by atoms with van der Waals surface area (Å²) in [6.45, 7) is 3.16. The number of aryl methyl sites for hydroxylation is 1. The van der Waals surface area contributed by atoms with E-state index in [4.69, 9.17) is 0 Å². The summed E-state index contributed by atoms with van der Waals surface area (Å²) in [6.07, 6.45) is 4.96. The maximum absolute atomic E-state index is 4.22. The van der Waals surface area contributed by atoms with Crippen molar-refractivity contribution < 1.29 is 0 Å². The van der Waals surface area contributed by atoms with Gasteiger partial charge in [0.2, 0.25) is 0 Å². The fourth-order valence-corrected chi connectivity index (χ4v) is 2.78. The first-order valence-corrected chi connectivity index (χ1v) is 7.50. The maximum atomic E-state index is 4.22. The van der Waals surface area contributed by atoms with Gasteiger partial charge in [0.25, 0.3) is 0 Å². The molecule has 2 rings (SSSR count). The Morgan fingerprint density at radius 1 is 1.12 bits per heavy atom. The molecule has 1 heterocycles. The Morgan fingerprint density at radius 2 is 1.88 bits per heavy atom. The standard InChI is InChI=1S/C12H15Br2N3/c1-2-3-4-5-8-17-12-10(14)7-6-9(13)11(12)15-16-17/h6-7H,2-5,8H2,1H3. The zero-order chi connectivity index (χ0) is 12.3. The number of fused-ring (bicyclic) bond motifs is 1. The molecule has 0 N–H and O–H groups in total. The van der Waals surface area contributed by atoms with Gasteiger partial charge in [0.05, 0.1) is 0 Å². The maximum Gasteiger partial charge on any atom is 0.128 e. The van der Waals surface area contributed by atoms with E-state index in [0.717, 1.165) is 32.9 Å². The second kappa shape index (κ2) is 5.96. The minimum absolute atomic E-state index is 0.926. The Hall–Kier alpha value is -0.420. The summed E-state index contributed by atoms with van der Waals surface area (Å²) < 4.78 is 4.03. The number of rotatable bonds is 5. The van der Waals surface area contributed by atoms with Crippen molar-refractivity contribution in [2.75, 3.05) is 0 Å². The zero-order valence-corrected chi connectivity index (χ0v) is 13.0. The van der Waals surface area contributed by atoms with E-state index in [1.165, 1.54) is 19.3 Å². The summed E-state index contributed by atoms with van der Waals surface area (Å²) in [4.78, 5) is 0. The van der Waals surface area contributed by atoms with Gasteiger partial charge in [-0.2, -0.15) is 0 Å². The predicted molar refractivity (Wildman–Crippen MR) is 77.1 cm³/mol. The van der Waals surface area contributed by atoms with Crippen molar-refractivity contribution in [2.45, 2.75) is 39.2 Å². The van der Waals surface area contributed by atoms with Crippen LogP contribution in [0.5, 0.6) is 0 Å². The minimum Gasteiger partial charge on any atom is -0.243 e. The molecule has 3 nitrogen and oxygen atoms in total. The monoisotopic (exact) mass is 359 g/mol. The van der Waals surface area contributed by atoms with Crippen LogP contribution in [0.3, 0.4) is 0 Å². The van der Waals surface area contributed by atoms with Crippen molar-refractivity contribution in [3.8, 4) is 0 Å². The molecular formula is C12H15Br2N3. The fourth-order valence-electron chi connectivity index (χ4n) is 1.86. The summed E-state index contributed by atoms with van der Waals surface area (Å²) in [7, 11) is 0. The first-order valence-electron chi connectivity index (χ1n) is 5.91. The van der Waals surface area contributed by atoms with Crippen molar-refractivity contribution in [3.05, 3.63) is 21.1 Å². The molecule has 0 saturated heterocycles. The first-order chi connectivity index (χ1) is 8.24. The van der Waals surface area contributed by atoms with Crippen LogP contribution in [0.25, 0.3) is 11.0 Å². The molecule has 0 radical (unpaired) electrons. The van der Waals surface area contributed by atoms with Gasteiger partial charge in [-0.15, -0.1) is 5.10 Å². The molecule has 5 heteroatoms. The molecule has 0 amide bonds. The Morgan fingerprint density at radius 3 is 2.65 bits per heavy atom. The highest BCUT2D eigenvalue weighted by molar-refractivity contribution is 9.11. The molecule has 1 aromatic carbocycles. The molecule has 0 aliphatic carbocycles. The van der Waals surface area contributed by atoms with E-state index in [2.05, 4.69) is 49.1 Å². The third-order valence-electron chi connectivity index (χ3n) is 2.79. The van der Waals surface area contributed by atoms with Crippen molar-refractivity contribution in [3.63, 3.8) is 0 Å². The summed E-state index contributed by atoms with van der Waals surface area (Å²) in [5.41, 5.74) is 2.01. The topological polar surface area (TPSA) is 30.7 Å². The number of hydrogen-bond donors (Lipinski definition) is 0. The molecule has 0 fully saturated rings. The van der Waals surface area contributed by atoms with Crippen LogP contribution in [-0.2, 0) is 6.54 Å². The molecule has 0 spiro atoms.